The first kappa shape index (κ1) is 18.7. The zero-order valence-corrected chi connectivity index (χ0v) is 15.6. The van der Waals surface area contributed by atoms with E-state index in [1.807, 2.05) is 28.8 Å². The average molecular weight is 382 g/mol. The molecule has 0 saturated carbocycles. The highest BCUT2D eigenvalue weighted by atomic mass is 32.2. The minimum Gasteiger partial charge on any atom is -0.485 e. The number of ether oxygens (including phenoxy) is 1. The summed E-state index contributed by atoms with van der Waals surface area (Å²) in [4.78, 5) is 12.8. The Hall–Kier alpha value is -3.11. The van der Waals surface area contributed by atoms with Gasteiger partial charge in [0, 0.05) is 35.5 Å². The molecule has 0 fully saturated rings. The highest BCUT2D eigenvalue weighted by molar-refractivity contribution is 7.90. The molecule has 0 amide bonds. The van der Waals surface area contributed by atoms with Crippen molar-refractivity contribution < 1.29 is 17.9 Å². The number of para-hydroxylation sites is 1. The van der Waals surface area contributed by atoms with Crippen molar-refractivity contribution in [3.8, 4) is 11.8 Å². The van der Waals surface area contributed by atoms with Crippen LogP contribution in [0, 0.1) is 11.3 Å². The second-order valence-corrected chi connectivity index (χ2v) is 8.14. The lowest BCUT2D eigenvalue weighted by atomic mass is 10.1. The number of hydrogen-bond acceptors (Lipinski definition) is 5. The molecule has 0 atom stereocenters. The molecular weight excluding hydrogens is 364 g/mol. The maximum absolute atomic E-state index is 12.7. The van der Waals surface area contributed by atoms with Gasteiger partial charge < -0.3 is 9.30 Å². The number of nitrogens with zero attached hydrogens (tertiary/aromatic N) is 2. The van der Waals surface area contributed by atoms with Crippen molar-refractivity contribution in [3.05, 3.63) is 60.3 Å². The van der Waals surface area contributed by atoms with Crippen molar-refractivity contribution in [2.75, 3.05) is 12.9 Å². The van der Waals surface area contributed by atoms with Crippen LogP contribution in [0.2, 0.25) is 0 Å². The fourth-order valence-electron chi connectivity index (χ4n) is 2.85. The lowest BCUT2D eigenvalue weighted by molar-refractivity contribution is 0.0923. The molecule has 0 unspecified atom stereocenters. The first-order valence-electron chi connectivity index (χ1n) is 8.31. The standard InChI is InChI=1S/C20H18N2O4S/c1-27(24,25)16-7-4-6-15(12-16)26-14-20(23)18-13-22(11-5-10-21)19-9-3-2-8-17(18)19/h2-4,6-9,12-13H,5,11,14H2,1H3. The van der Waals surface area contributed by atoms with Crippen LogP contribution < -0.4 is 4.74 Å². The lowest BCUT2D eigenvalue weighted by Crippen LogP contribution is -2.11. The highest BCUT2D eigenvalue weighted by Gasteiger charge is 2.16. The average Bonchev–Trinajstić information content (AvgIpc) is 3.03. The minimum atomic E-state index is -3.35. The van der Waals surface area contributed by atoms with E-state index in [4.69, 9.17) is 10.00 Å². The van der Waals surface area contributed by atoms with Crippen LogP contribution in [0.25, 0.3) is 10.9 Å². The second-order valence-electron chi connectivity index (χ2n) is 6.12. The second kappa shape index (κ2) is 7.64. The quantitative estimate of drug-likeness (QED) is 0.585. The number of aromatic nitrogens is 1. The van der Waals surface area contributed by atoms with Crippen LogP contribution in [0.5, 0.6) is 5.75 Å². The summed E-state index contributed by atoms with van der Waals surface area (Å²) in [7, 11) is -3.35. The summed E-state index contributed by atoms with van der Waals surface area (Å²) in [5.74, 6) is 0.103. The number of sulfone groups is 1. The molecule has 0 aliphatic carbocycles. The number of benzene rings is 2. The first-order chi connectivity index (χ1) is 12.9. The zero-order chi connectivity index (χ0) is 19.4. The third-order valence-corrected chi connectivity index (χ3v) is 5.27. The fraction of sp³-hybridized carbons (Fsp3) is 0.200. The summed E-state index contributed by atoms with van der Waals surface area (Å²) < 4.78 is 30.7. The molecule has 2 aromatic carbocycles. The lowest BCUT2D eigenvalue weighted by Gasteiger charge is -2.06. The molecule has 0 spiro atoms. The summed E-state index contributed by atoms with van der Waals surface area (Å²) in [6.45, 7) is 0.293. The number of carbonyl (C=O) groups excluding carboxylic acids is 1. The van der Waals surface area contributed by atoms with Crippen molar-refractivity contribution in [3.63, 3.8) is 0 Å². The van der Waals surface area contributed by atoms with Crippen LogP contribution in [0.4, 0.5) is 0 Å². The van der Waals surface area contributed by atoms with E-state index in [0.717, 1.165) is 17.2 Å². The molecular formula is C20H18N2O4S. The molecule has 3 rings (SSSR count). The molecule has 3 aromatic rings. The summed E-state index contributed by atoms with van der Waals surface area (Å²) in [6.07, 6.45) is 3.20. The Morgan fingerprint density at radius 1 is 1.19 bits per heavy atom. The molecule has 6 nitrogen and oxygen atoms in total. The third-order valence-electron chi connectivity index (χ3n) is 4.16. The maximum Gasteiger partial charge on any atom is 0.202 e. The molecule has 7 heteroatoms. The summed E-state index contributed by atoms with van der Waals surface area (Å²) >= 11 is 0. The Labute approximate surface area is 157 Å². The van der Waals surface area contributed by atoms with Gasteiger partial charge in [-0.3, -0.25) is 4.79 Å². The highest BCUT2D eigenvalue weighted by Crippen LogP contribution is 2.23. The van der Waals surface area contributed by atoms with Gasteiger partial charge in [0.15, 0.2) is 16.4 Å². The van der Waals surface area contributed by atoms with Gasteiger partial charge in [-0.1, -0.05) is 24.3 Å². The predicted octanol–water partition coefficient (Wildman–Crippen LogP) is 3.22. The number of Topliss-reactive ketones (excluding diaryl/α,β-unsaturated/α-hetero) is 1. The smallest absolute Gasteiger partial charge is 0.202 e. The van der Waals surface area contributed by atoms with E-state index in [2.05, 4.69) is 6.07 Å². The van der Waals surface area contributed by atoms with Gasteiger partial charge in [0.1, 0.15) is 5.75 Å². The van der Waals surface area contributed by atoms with Gasteiger partial charge in [-0.05, 0) is 24.3 Å². The topological polar surface area (TPSA) is 89.2 Å². The Morgan fingerprint density at radius 3 is 2.70 bits per heavy atom. The SMILES string of the molecule is CS(=O)(=O)c1cccc(OCC(=O)c2cn(CCC#N)c3ccccc23)c1. The molecule has 1 aromatic heterocycles. The third kappa shape index (κ3) is 4.18. The van der Waals surface area contributed by atoms with Gasteiger partial charge in [0.25, 0.3) is 0 Å². The van der Waals surface area contributed by atoms with Crippen LogP contribution in [0.1, 0.15) is 16.8 Å². The van der Waals surface area contributed by atoms with Crippen LogP contribution in [0.15, 0.2) is 59.6 Å². The van der Waals surface area contributed by atoms with Crippen molar-refractivity contribution in [1.82, 2.24) is 4.57 Å². The van der Waals surface area contributed by atoms with Crippen LogP contribution >= 0.6 is 0 Å². The molecule has 138 valence electrons. The van der Waals surface area contributed by atoms with E-state index in [1.165, 1.54) is 12.1 Å². The first-order valence-corrected chi connectivity index (χ1v) is 10.2. The number of carbonyl (C=O) groups is 1. The van der Waals surface area contributed by atoms with Crippen molar-refractivity contribution >= 4 is 26.5 Å². The van der Waals surface area contributed by atoms with Gasteiger partial charge in [0.05, 0.1) is 17.4 Å². The molecule has 0 bridgehead atoms. The number of aryl methyl sites for hydroxylation is 1. The maximum atomic E-state index is 12.7. The Morgan fingerprint density at radius 2 is 1.96 bits per heavy atom. The number of ketones is 1. The van der Waals surface area contributed by atoms with Crippen molar-refractivity contribution in [1.29, 1.82) is 5.26 Å². The van der Waals surface area contributed by atoms with E-state index in [0.29, 0.717) is 24.3 Å². The summed E-state index contributed by atoms with van der Waals surface area (Å²) in [5, 5.41) is 9.61. The van der Waals surface area contributed by atoms with Gasteiger partial charge in [-0.2, -0.15) is 5.26 Å². The molecule has 27 heavy (non-hydrogen) atoms. The predicted molar refractivity (Wildman–Crippen MR) is 102 cm³/mol. The number of fused-ring (bicyclic) bond motifs is 1. The number of hydrogen-bond donors (Lipinski definition) is 0. The molecule has 0 N–H and O–H groups in total. The number of nitriles is 1. The van der Waals surface area contributed by atoms with E-state index in [1.54, 1.807) is 18.3 Å². The van der Waals surface area contributed by atoms with Gasteiger partial charge in [-0.25, -0.2) is 8.42 Å². The minimum absolute atomic E-state index is 0.139. The van der Waals surface area contributed by atoms with Gasteiger partial charge >= 0.3 is 0 Å². The molecule has 0 radical (unpaired) electrons. The summed E-state index contributed by atoms with van der Waals surface area (Å²) in [6, 6.07) is 15.7. The van der Waals surface area contributed by atoms with E-state index in [9.17, 15) is 13.2 Å². The van der Waals surface area contributed by atoms with Crippen LogP contribution in [-0.2, 0) is 16.4 Å². The van der Waals surface area contributed by atoms with E-state index in [-0.39, 0.29) is 17.3 Å². The van der Waals surface area contributed by atoms with Gasteiger partial charge in [-0.15, -0.1) is 0 Å². The monoisotopic (exact) mass is 382 g/mol. The molecule has 0 aliphatic heterocycles. The number of rotatable bonds is 7. The van der Waals surface area contributed by atoms with E-state index >= 15 is 0 Å². The molecule has 0 aliphatic rings. The Kier molecular flexibility index (Phi) is 5.28. The van der Waals surface area contributed by atoms with Gasteiger partial charge in [0.2, 0.25) is 5.78 Å². The largest absolute Gasteiger partial charge is 0.485 e. The summed E-state index contributed by atoms with van der Waals surface area (Å²) in [5.41, 5.74) is 1.40. The fourth-order valence-corrected chi connectivity index (χ4v) is 3.50. The normalized spacial score (nSPS) is 11.3. The van der Waals surface area contributed by atoms with Crippen molar-refractivity contribution in [2.45, 2.75) is 17.9 Å². The molecule has 0 saturated heterocycles. The van der Waals surface area contributed by atoms with E-state index < -0.39 is 9.84 Å². The van der Waals surface area contributed by atoms with Crippen LogP contribution in [0.3, 0.4) is 0 Å². The Balaban J connectivity index is 1.82. The Bertz CT molecular complexity index is 1140. The molecule has 1 heterocycles. The van der Waals surface area contributed by atoms with Crippen LogP contribution in [-0.4, -0.2) is 31.6 Å². The van der Waals surface area contributed by atoms with Crippen molar-refractivity contribution in [2.24, 2.45) is 0 Å². The zero-order valence-electron chi connectivity index (χ0n) is 14.8.